The quantitative estimate of drug-likeness (QED) is 0.394. The lowest BCUT2D eigenvalue weighted by Gasteiger charge is -2.38. The van der Waals surface area contributed by atoms with Crippen LogP contribution in [0.4, 0.5) is 10.1 Å². The van der Waals surface area contributed by atoms with Crippen LogP contribution in [0.5, 0.6) is 0 Å². The van der Waals surface area contributed by atoms with Gasteiger partial charge in [0.25, 0.3) is 0 Å². The number of nitrogens with zero attached hydrogens (tertiary/aromatic N) is 3. The van der Waals surface area contributed by atoms with E-state index in [-0.39, 0.29) is 16.9 Å². The Morgan fingerprint density at radius 1 is 1.29 bits per heavy atom. The summed E-state index contributed by atoms with van der Waals surface area (Å²) in [6.45, 7) is 4.22. The highest BCUT2D eigenvalue weighted by atomic mass is 32.2. The fourth-order valence-electron chi connectivity index (χ4n) is 4.07. The largest absolute Gasteiger partial charge is 0.477 e. The van der Waals surface area contributed by atoms with Gasteiger partial charge in [0.2, 0.25) is 5.43 Å². The van der Waals surface area contributed by atoms with Gasteiger partial charge in [-0.05, 0) is 49.7 Å². The summed E-state index contributed by atoms with van der Waals surface area (Å²) < 4.78 is 21.6. The summed E-state index contributed by atoms with van der Waals surface area (Å²) in [6, 6.07) is 2.19. The molecule has 12 heteroatoms. The van der Waals surface area contributed by atoms with Crippen molar-refractivity contribution < 1.29 is 23.8 Å². The van der Waals surface area contributed by atoms with E-state index in [1.165, 1.54) is 13.3 Å². The molecule has 0 amide bonds. The molecule has 1 atom stereocenters. The van der Waals surface area contributed by atoms with E-state index in [4.69, 9.17) is 17.0 Å². The number of thiocarbonyl (C=S) groups is 1. The van der Waals surface area contributed by atoms with Gasteiger partial charge in [-0.15, -0.1) is 0 Å². The monoisotopic (exact) mass is 524 g/mol. The van der Waals surface area contributed by atoms with Gasteiger partial charge in [0.1, 0.15) is 17.4 Å². The van der Waals surface area contributed by atoms with Crippen molar-refractivity contribution in [2.75, 3.05) is 50.2 Å². The maximum absolute atomic E-state index is 15.1. The van der Waals surface area contributed by atoms with Crippen molar-refractivity contribution >= 4 is 57.6 Å². The second-order valence-electron chi connectivity index (χ2n) is 8.06. The molecule has 1 fully saturated rings. The van der Waals surface area contributed by atoms with Crippen LogP contribution in [0, 0.1) is 5.82 Å². The van der Waals surface area contributed by atoms with E-state index in [1.54, 1.807) is 22.4 Å². The topological polar surface area (TPSA) is 104 Å². The molecular formula is C23H29FN4O5S2. The average Bonchev–Trinajstić information content (AvgIpc) is 2.86. The number of pyridine rings is 1. The number of aryl methyl sites for hydroxylation is 1. The van der Waals surface area contributed by atoms with Crippen LogP contribution in [0.2, 0.25) is 0 Å². The first-order valence-corrected chi connectivity index (χ1v) is 13.0. The van der Waals surface area contributed by atoms with E-state index in [1.807, 2.05) is 23.0 Å². The number of carboxylic acid groups (broad SMARTS) is 1. The van der Waals surface area contributed by atoms with Crippen molar-refractivity contribution in [3.63, 3.8) is 0 Å². The molecule has 9 nitrogen and oxygen atoms in total. The number of piperazine rings is 1. The van der Waals surface area contributed by atoms with Crippen LogP contribution in [0.25, 0.3) is 10.9 Å². The Kier molecular flexibility index (Phi) is 8.95. The summed E-state index contributed by atoms with van der Waals surface area (Å²) in [5.41, 5.74) is -0.268. The summed E-state index contributed by atoms with van der Waals surface area (Å²) in [5, 5.41) is 12.9. The van der Waals surface area contributed by atoms with Crippen LogP contribution in [-0.4, -0.2) is 83.0 Å². The predicted octanol–water partition coefficient (Wildman–Crippen LogP) is 2.15. The number of carbonyl (C=O) groups excluding carboxylic acids is 1. The van der Waals surface area contributed by atoms with Crippen LogP contribution < -0.4 is 15.6 Å². The molecule has 0 aliphatic carbocycles. The molecule has 0 saturated carbocycles. The van der Waals surface area contributed by atoms with E-state index in [0.29, 0.717) is 55.5 Å². The molecule has 1 aliphatic heterocycles. The molecular weight excluding hydrogens is 495 g/mol. The lowest BCUT2D eigenvalue weighted by molar-refractivity contribution is -0.142. The van der Waals surface area contributed by atoms with Gasteiger partial charge in [-0.3, -0.25) is 4.79 Å². The SMILES string of the molecule is CCn1cc(C(=O)O)c(=O)c2cc(F)c(N3CCN(C(=S)NC(CCSC)C(=O)OC)CC3)cc21. The summed E-state index contributed by atoms with van der Waals surface area (Å²) in [5.74, 6) is -1.52. The molecule has 190 valence electrons. The number of thioether (sulfide) groups is 1. The Morgan fingerprint density at radius 2 is 1.97 bits per heavy atom. The summed E-state index contributed by atoms with van der Waals surface area (Å²) >= 11 is 7.14. The number of esters is 1. The highest BCUT2D eigenvalue weighted by Gasteiger charge is 2.26. The summed E-state index contributed by atoms with van der Waals surface area (Å²) in [4.78, 5) is 39.9. The second-order valence-corrected chi connectivity index (χ2v) is 9.44. The first kappa shape index (κ1) is 26.7. The van der Waals surface area contributed by atoms with Gasteiger partial charge in [-0.2, -0.15) is 11.8 Å². The van der Waals surface area contributed by atoms with Crippen LogP contribution >= 0.6 is 24.0 Å². The molecule has 35 heavy (non-hydrogen) atoms. The van der Waals surface area contributed by atoms with Gasteiger partial charge in [0.05, 0.1) is 18.3 Å². The Labute approximate surface area is 212 Å². The number of halogens is 1. The van der Waals surface area contributed by atoms with E-state index in [9.17, 15) is 19.5 Å². The molecule has 2 aromatic rings. The number of rotatable bonds is 8. The third kappa shape index (κ3) is 5.87. The average molecular weight is 525 g/mol. The Balaban J connectivity index is 1.77. The van der Waals surface area contributed by atoms with Crippen molar-refractivity contribution in [1.82, 2.24) is 14.8 Å². The molecule has 1 unspecified atom stereocenters. The second kappa shape index (κ2) is 11.7. The van der Waals surface area contributed by atoms with Crippen molar-refractivity contribution in [2.24, 2.45) is 0 Å². The molecule has 0 spiro atoms. The number of ether oxygens (including phenoxy) is 1. The number of hydrogen-bond acceptors (Lipinski definition) is 7. The number of methoxy groups -OCH3 is 1. The molecule has 0 bridgehead atoms. The zero-order chi connectivity index (χ0) is 25.7. The first-order valence-electron chi connectivity index (χ1n) is 11.2. The van der Waals surface area contributed by atoms with E-state index < -0.39 is 23.3 Å². The summed E-state index contributed by atoms with van der Waals surface area (Å²) in [7, 11) is 1.34. The third-order valence-electron chi connectivity index (χ3n) is 6.02. The molecule has 0 radical (unpaired) electrons. The van der Waals surface area contributed by atoms with Crippen molar-refractivity contribution in [3.05, 3.63) is 39.9 Å². The number of nitrogens with one attached hydrogen (secondary N) is 1. The first-order chi connectivity index (χ1) is 16.7. The minimum atomic E-state index is -1.34. The maximum atomic E-state index is 15.1. The van der Waals surface area contributed by atoms with E-state index >= 15 is 4.39 Å². The van der Waals surface area contributed by atoms with Crippen LogP contribution in [-0.2, 0) is 16.1 Å². The Morgan fingerprint density at radius 3 is 2.54 bits per heavy atom. The molecule has 2 N–H and O–H groups in total. The van der Waals surface area contributed by atoms with Crippen LogP contribution in [0.1, 0.15) is 23.7 Å². The molecule has 1 aromatic heterocycles. The molecule has 1 aromatic carbocycles. The van der Waals surface area contributed by atoms with Crippen molar-refractivity contribution in [1.29, 1.82) is 0 Å². The van der Waals surface area contributed by atoms with Crippen molar-refractivity contribution in [3.8, 4) is 0 Å². The predicted molar refractivity (Wildman–Crippen MR) is 139 cm³/mol. The van der Waals surface area contributed by atoms with Gasteiger partial charge < -0.3 is 29.5 Å². The van der Waals surface area contributed by atoms with Crippen LogP contribution in [0.15, 0.2) is 23.1 Å². The van der Waals surface area contributed by atoms with E-state index in [0.717, 1.165) is 11.8 Å². The van der Waals surface area contributed by atoms with Crippen LogP contribution in [0.3, 0.4) is 0 Å². The van der Waals surface area contributed by atoms with Gasteiger partial charge in [-0.25, -0.2) is 14.0 Å². The number of anilines is 1. The Bertz CT molecular complexity index is 1180. The number of carbonyl (C=O) groups is 2. The molecule has 1 aliphatic rings. The van der Waals surface area contributed by atoms with Crippen molar-refractivity contribution in [2.45, 2.75) is 25.9 Å². The minimum Gasteiger partial charge on any atom is -0.477 e. The lowest BCUT2D eigenvalue weighted by Crippen LogP contribution is -2.55. The fourth-order valence-corrected chi connectivity index (χ4v) is 4.87. The highest BCUT2D eigenvalue weighted by Crippen LogP contribution is 2.26. The number of fused-ring (bicyclic) bond motifs is 1. The Hall–Kier alpha value is -2.86. The maximum Gasteiger partial charge on any atom is 0.341 e. The number of aromatic nitrogens is 1. The van der Waals surface area contributed by atoms with Gasteiger partial charge in [0.15, 0.2) is 5.11 Å². The zero-order valence-corrected chi connectivity index (χ0v) is 21.5. The van der Waals surface area contributed by atoms with Gasteiger partial charge in [0, 0.05) is 44.3 Å². The third-order valence-corrected chi connectivity index (χ3v) is 7.04. The standard InChI is InChI=1S/C23H29FN4O5S2/c1-4-26-13-15(21(30)31)20(29)14-11-16(24)19(12-18(14)26)27-6-8-28(9-7-27)23(34)25-17(5-10-35-3)22(32)33-2/h11-13,17H,4-10H2,1-3H3,(H,25,34)(H,30,31). The fraction of sp³-hybridized carbons (Fsp3) is 0.478. The molecule has 1 saturated heterocycles. The zero-order valence-electron chi connectivity index (χ0n) is 19.9. The van der Waals surface area contributed by atoms with Gasteiger partial charge in [-0.1, -0.05) is 0 Å². The number of aromatic carboxylic acids is 1. The molecule has 2 heterocycles. The van der Waals surface area contributed by atoms with Gasteiger partial charge >= 0.3 is 11.9 Å². The summed E-state index contributed by atoms with van der Waals surface area (Å²) in [6.07, 6.45) is 3.84. The minimum absolute atomic E-state index is 0.0381. The van der Waals surface area contributed by atoms with E-state index in [2.05, 4.69) is 5.32 Å². The normalized spacial score (nSPS) is 14.6. The number of carboxylic acids is 1. The lowest BCUT2D eigenvalue weighted by atomic mass is 10.1. The number of hydrogen-bond donors (Lipinski definition) is 2. The number of benzene rings is 1. The molecule has 3 rings (SSSR count). The highest BCUT2D eigenvalue weighted by molar-refractivity contribution is 7.98. The smallest absolute Gasteiger partial charge is 0.341 e.